The maximum Gasteiger partial charge on any atom is 0.303 e. The molecule has 0 spiro atoms. The number of benzene rings is 1. The Labute approximate surface area is 113 Å². The smallest absolute Gasteiger partial charge is 0.303 e. The predicted octanol–water partition coefficient (Wildman–Crippen LogP) is 3.08. The average Bonchev–Trinajstić information content (AvgIpc) is 3.06. The minimum Gasteiger partial charge on any atom is -0.481 e. The van der Waals surface area contributed by atoms with E-state index in [4.69, 9.17) is 5.11 Å². The lowest BCUT2D eigenvalue weighted by Gasteiger charge is -2.11. The lowest BCUT2D eigenvalue weighted by molar-refractivity contribution is -0.385. The van der Waals surface area contributed by atoms with Gasteiger partial charge >= 0.3 is 5.97 Å². The van der Waals surface area contributed by atoms with Crippen LogP contribution in [0.1, 0.15) is 19.3 Å². The molecular formula is C12H12FNO4S. The number of nitro groups is 1. The van der Waals surface area contributed by atoms with Gasteiger partial charge in [0.2, 0.25) is 0 Å². The quantitative estimate of drug-likeness (QED) is 0.493. The van der Waals surface area contributed by atoms with E-state index in [-0.39, 0.29) is 17.5 Å². The van der Waals surface area contributed by atoms with Gasteiger partial charge < -0.3 is 5.11 Å². The first-order valence-corrected chi connectivity index (χ1v) is 6.69. The second kappa shape index (κ2) is 5.16. The molecule has 102 valence electrons. The van der Waals surface area contributed by atoms with E-state index >= 15 is 0 Å². The second-order valence-electron chi connectivity index (χ2n) is 4.73. The molecule has 5 nitrogen and oxygen atoms in total. The third-order valence-electron chi connectivity index (χ3n) is 3.14. The van der Waals surface area contributed by atoms with E-state index in [1.54, 1.807) is 0 Å². The number of nitro benzene ring substituents is 1. The van der Waals surface area contributed by atoms with Crippen molar-refractivity contribution < 1.29 is 19.2 Å². The molecule has 1 aromatic rings. The monoisotopic (exact) mass is 285 g/mol. The summed E-state index contributed by atoms with van der Waals surface area (Å²) in [6.45, 7) is 0. The molecule has 7 heteroatoms. The average molecular weight is 285 g/mol. The molecule has 0 aromatic heterocycles. The molecule has 0 saturated heterocycles. The van der Waals surface area contributed by atoms with Crippen molar-refractivity contribution >= 4 is 23.4 Å². The van der Waals surface area contributed by atoms with Gasteiger partial charge in [-0.05, 0) is 24.3 Å². The second-order valence-corrected chi connectivity index (χ2v) is 5.75. The summed E-state index contributed by atoms with van der Waals surface area (Å²) in [5, 5.41) is 19.3. The molecule has 0 heterocycles. The van der Waals surface area contributed by atoms with Crippen LogP contribution in [0.3, 0.4) is 0 Å². The Kier molecular flexibility index (Phi) is 3.75. The molecule has 0 unspecified atom stereocenters. The fourth-order valence-electron chi connectivity index (χ4n) is 1.82. The van der Waals surface area contributed by atoms with Crippen LogP contribution >= 0.6 is 11.8 Å². The van der Waals surface area contributed by atoms with Crippen molar-refractivity contribution in [2.24, 2.45) is 5.41 Å². The lowest BCUT2D eigenvalue weighted by atomic mass is 10.1. The van der Waals surface area contributed by atoms with Gasteiger partial charge in [0, 0.05) is 16.7 Å². The highest BCUT2D eigenvalue weighted by molar-refractivity contribution is 7.99. The number of hydrogen-bond acceptors (Lipinski definition) is 4. The zero-order chi connectivity index (χ0) is 14.0. The van der Waals surface area contributed by atoms with Crippen LogP contribution < -0.4 is 0 Å². The highest BCUT2D eigenvalue weighted by Gasteiger charge is 2.44. The number of non-ortho nitro benzene ring substituents is 1. The first-order valence-electron chi connectivity index (χ1n) is 5.70. The van der Waals surface area contributed by atoms with E-state index in [0.29, 0.717) is 10.6 Å². The molecule has 0 radical (unpaired) electrons. The fourth-order valence-corrected chi connectivity index (χ4v) is 3.03. The van der Waals surface area contributed by atoms with Crippen LogP contribution in [0.25, 0.3) is 0 Å². The largest absolute Gasteiger partial charge is 0.481 e. The summed E-state index contributed by atoms with van der Waals surface area (Å²) in [4.78, 5) is 20.8. The highest BCUT2D eigenvalue weighted by Crippen LogP contribution is 2.52. The Bertz CT molecular complexity index is 530. The Morgan fingerprint density at radius 1 is 1.53 bits per heavy atom. The first-order chi connectivity index (χ1) is 8.92. The number of carboxylic acids is 1. The van der Waals surface area contributed by atoms with Crippen LogP contribution in [-0.2, 0) is 4.79 Å². The van der Waals surface area contributed by atoms with Gasteiger partial charge in [0.1, 0.15) is 5.82 Å². The SMILES string of the molecule is O=C(O)CC1(CSc2ccc([N+](=O)[O-])cc2F)CC1. The molecule has 1 aromatic carbocycles. The Balaban J connectivity index is 2.00. The standard InChI is InChI=1S/C12H12FNO4S/c13-9-5-8(14(17)18)1-2-10(9)19-7-12(3-4-12)6-11(15)16/h1-2,5H,3-4,6-7H2,(H,15,16). The van der Waals surface area contributed by atoms with Crippen molar-refractivity contribution in [2.75, 3.05) is 5.75 Å². The molecule has 1 N–H and O–H groups in total. The Morgan fingerprint density at radius 3 is 2.68 bits per heavy atom. The highest BCUT2D eigenvalue weighted by atomic mass is 32.2. The number of thioether (sulfide) groups is 1. The van der Waals surface area contributed by atoms with Gasteiger partial charge in [-0.25, -0.2) is 4.39 Å². The topological polar surface area (TPSA) is 80.4 Å². The lowest BCUT2D eigenvalue weighted by Crippen LogP contribution is -2.11. The van der Waals surface area contributed by atoms with Gasteiger partial charge in [0.15, 0.2) is 0 Å². The molecule has 0 atom stereocenters. The van der Waals surface area contributed by atoms with Crippen LogP contribution in [0.2, 0.25) is 0 Å². The predicted molar refractivity (Wildman–Crippen MR) is 67.7 cm³/mol. The maximum absolute atomic E-state index is 13.6. The molecule has 2 rings (SSSR count). The summed E-state index contributed by atoms with van der Waals surface area (Å²) in [5.74, 6) is -0.957. The van der Waals surface area contributed by atoms with Gasteiger partial charge in [0.05, 0.1) is 17.4 Å². The molecule has 0 bridgehead atoms. The van der Waals surface area contributed by atoms with E-state index in [1.165, 1.54) is 23.9 Å². The van der Waals surface area contributed by atoms with Gasteiger partial charge in [-0.1, -0.05) is 0 Å². The van der Waals surface area contributed by atoms with E-state index in [9.17, 15) is 19.3 Å². The van der Waals surface area contributed by atoms with Crippen molar-refractivity contribution in [3.8, 4) is 0 Å². The zero-order valence-electron chi connectivity index (χ0n) is 9.97. The maximum atomic E-state index is 13.6. The fraction of sp³-hybridized carbons (Fsp3) is 0.417. The molecule has 1 aliphatic rings. The van der Waals surface area contributed by atoms with E-state index in [1.807, 2.05) is 0 Å². The summed E-state index contributed by atoms with van der Waals surface area (Å²) in [6, 6.07) is 3.51. The number of aliphatic carboxylic acids is 1. The van der Waals surface area contributed by atoms with Crippen molar-refractivity contribution in [3.05, 3.63) is 34.1 Å². The molecule has 0 amide bonds. The van der Waals surface area contributed by atoms with E-state index in [2.05, 4.69) is 0 Å². The normalized spacial score (nSPS) is 16.1. The number of carbonyl (C=O) groups is 1. The molecule has 1 fully saturated rings. The van der Waals surface area contributed by atoms with Crippen LogP contribution in [0.5, 0.6) is 0 Å². The van der Waals surface area contributed by atoms with Crippen molar-refractivity contribution in [1.82, 2.24) is 0 Å². The van der Waals surface area contributed by atoms with Crippen molar-refractivity contribution in [1.29, 1.82) is 0 Å². The van der Waals surface area contributed by atoms with Crippen LogP contribution in [0.15, 0.2) is 23.1 Å². The summed E-state index contributed by atoms with van der Waals surface area (Å²) >= 11 is 1.22. The van der Waals surface area contributed by atoms with Crippen molar-refractivity contribution in [2.45, 2.75) is 24.2 Å². The van der Waals surface area contributed by atoms with Gasteiger partial charge in [0.25, 0.3) is 5.69 Å². The number of hydrogen-bond donors (Lipinski definition) is 1. The first kappa shape index (κ1) is 13.8. The molecular weight excluding hydrogens is 273 g/mol. The zero-order valence-corrected chi connectivity index (χ0v) is 10.8. The summed E-state index contributed by atoms with van der Waals surface area (Å²) in [5.41, 5.74) is -0.515. The van der Waals surface area contributed by atoms with Crippen LogP contribution in [0.4, 0.5) is 10.1 Å². The minimum absolute atomic E-state index is 0.0919. The molecule has 1 saturated carbocycles. The molecule has 0 aliphatic heterocycles. The Hall–Kier alpha value is -1.63. The third kappa shape index (κ3) is 3.44. The Morgan fingerprint density at radius 2 is 2.21 bits per heavy atom. The van der Waals surface area contributed by atoms with Gasteiger partial charge in [-0.15, -0.1) is 11.8 Å². The molecule has 19 heavy (non-hydrogen) atoms. The number of nitrogens with zero attached hydrogens (tertiary/aromatic N) is 1. The number of rotatable bonds is 6. The third-order valence-corrected chi connectivity index (χ3v) is 4.54. The summed E-state index contributed by atoms with van der Waals surface area (Å²) in [6.07, 6.45) is 1.76. The summed E-state index contributed by atoms with van der Waals surface area (Å²) < 4.78 is 13.6. The van der Waals surface area contributed by atoms with Gasteiger partial charge in [-0.2, -0.15) is 0 Å². The molecule has 1 aliphatic carbocycles. The van der Waals surface area contributed by atoms with E-state index in [0.717, 1.165) is 18.9 Å². The van der Waals surface area contributed by atoms with Crippen LogP contribution in [0, 0.1) is 21.3 Å². The van der Waals surface area contributed by atoms with Crippen LogP contribution in [-0.4, -0.2) is 21.8 Å². The van der Waals surface area contributed by atoms with Crippen molar-refractivity contribution in [3.63, 3.8) is 0 Å². The number of carboxylic acid groups (broad SMARTS) is 1. The van der Waals surface area contributed by atoms with E-state index < -0.39 is 16.7 Å². The van der Waals surface area contributed by atoms with Gasteiger partial charge in [-0.3, -0.25) is 14.9 Å². The minimum atomic E-state index is -0.845. The number of halogens is 1. The summed E-state index contributed by atoms with van der Waals surface area (Å²) in [7, 11) is 0.